The zero-order valence-corrected chi connectivity index (χ0v) is 13.6. The second-order valence-corrected chi connectivity index (χ2v) is 5.84. The number of para-hydroxylation sites is 1. The van der Waals surface area contributed by atoms with Crippen LogP contribution in [0.5, 0.6) is 5.75 Å². The molecule has 24 heavy (non-hydrogen) atoms. The molecule has 0 saturated heterocycles. The average molecular weight is 325 g/mol. The van der Waals surface area contributed by atoms with Crippen molar-refractivity contribution in [3.05, 3.63) is 59.4 Å². The highest BCUT2D eigenvalue weighted by molar-refractivity contribution is 6.00. The highest BCUT2D eigenvalue weighted by Crippen LogP contribution is 2.38. The summed E-state index contributed by atoms with van der Waals surface area (Å²) in [5, 5.41) is 26.8. The van der Waals surface area contributed by atoms with Crippen LogP contribution in [0.4, 0.5) is 0 Å². The maximum Gasteiger partial charge on any atom is 0.280 e. The highest BCUT2D eigenvalue weighted by atomic mass is 16.3. The average Bonchev–Trinajstić information content (AvgIpc) is 2.96. The summed E-state index contributed by atoms with van der Waals surface area (Å²) in [6, 6.07) is 8.24. The fraction of sp³-hybridized carbons (Fsp3) is 0.278. The van der Waals surface area contributed by atoms with Crippen molar-refractivity contribution in [3.8, 4) is 5.75 Å². The van der Waals surface area contributed by atoms with Crippen molar-refractivity contribution in [1.82, 2.24) is 9.99 Å². The number of aromatic hydroxyl groups is 1. The molecule has 1 aromatic carbocycles. The summed E-state index contributed by atoms with van der Waals surface area (Å²) in [6.45, 7) is 3.63. The molecule has 1 aliphatic rings. The molecule has 2 N–H and O–H groups in total. The van der Waals surface area contributed by atoms with E-state index in [4.69, 9.17) is 0 Å². The number of phenolic OH excluding ortho intramolecular Hbond substituents is 1. The first kappa shape index (κ1) is 16.1. The fourth-order valence-corrected chi connectivity index (χ4v) is 2.82. The molecule has 1 aromatic heterocycles. The van der Waals surface area contributed by atoms with E-state index in [0.29, 0.717) is 17.5 Å². The van der Waals surface area contributed by atoms with E-state index in [0.717, 1.165) is 10.7 Å². The summed E-state index contributed by atoms with van der Waals surface area (Å²) in [5.74, 6) is -0.640. The number of hydrazone groups is 1. The van der Waals surface area contributed by atoms with Crippen molar-refractivity contribution >= 4 is 11.6 Å². The van der Waals surface area contributed by atoms with E-state index in [-0.39, 0.29) is 17.7 Å². The van der Waals surface area contributed by atoms with Crippen molar-refractivity contribution < 1.29 is 15.0 Å². The summed E-state index contributed by atoms with van der Waals surface area (Å²) in [6.07, 6.45) is 3.97. The Labute approximate surface area is 140 Å². The minimum Gasteiger partial charge on any atom is -0.507 e. The van der Waals surface area contributed by atoms with E-state index >= 15 is 0 Å². The molecule has 1 amide bonds. The van der Waals surface area contributed by atoms with Gasteiger partial charge >= 0.3 is 0 Å². The molecule has 0 spiro atoms. The molecule has 0 saturated carbocycles. The summed E-state index contributed by atoms with van der Waals surface area (Å²) in [5.41, 5.74) is 0.373. The van der Waals surface area contributed by atoms with Gasteiger partial charge in [0.05, 0.1) is 5.56 Å². The van der Waals surface area contributed by atoms with Crippen LogP contribution in [-0.2, 0) is 5.72 Å². The normalized spacial score (nSPS) is 20.1. The number of amides is 1. The Morgan fingerprint density at radius 3 is 2.67 bits per heavy atom. The van der Waals surface area contributed by atoms with Gasteiger partial charge in [-0.25, -0.2) is 0 Å². The van der Waals surface area contributed by atoms with Crippen LogP contribution in [0.25, 0.3) is 0 Å². The lowest BCUT2D eigenvalue weighted by Crippen LogP contribution is -2.43. The Morgan fingerprint density at radius 1 is 1.29 bits per heavy atom. The number of nitrogens with zero attached hydrogens (tertiary/aromatic N) is 3. The molecule has 2 aromatic rings. The number of pyridine rings is 1. The van der Waals surface area contributed by atoms with Crippen LogP contribution in [0.3, 0.4) is 0 Å². The summed E-state index contributed by atoms with van der Waals surface area (Å²) in [7, 11) is 0. The molecule has 6 nitrogen and oxygen atoms in total. The molecule has 0 radical (unpaired) electrons. The minimum atomic E-state index is -1.58. The number of aliphatic hydroxyl groups is 1. The first-order chi connectivity index (χ1) is 11.5. The Balaban J connectivity index is 2.07. The third kappa shape index (κ3) is 2.55. The first-order valence-corrected chi connectivity index (χ1v) is 7.79. The zero-order valence-electron chi connectivity index (χ0n) is 13.6. The van der Waals surface area contributed by atoms with Crippen molar-refractivity contribution in [2.45, 2.75) is 32.4 Å². The fourth-order valence-electron chi connectivity index (χ4n) is 2.82. The largest absolute Gasteiger partial charge is 0.507 e. The molecular formula is C18H19N3O3. The second-order valence-electron chi connectivity index (χ2n) is 5.84. The van der Waals surface area contributed by atoms with Gasteiger partial charge in [0.15, 0.2) is 5.72 Å². The Bertz CT molecular complexity index is 804. The van der Waals surface area contributed by atoms with Gasteiger partial charge in [-0.15, -0.1) is 0 Å². The summed E-state index contributed by atoms with van der Waals surface area (Å²) < 4.78 is 0. The van der Waals surface area contributed by atoms with E-state index in [1.165, 1.54) is 6.07 Å². The molecule has 6 heteroatoms. The van der Waals surface area contributed by atoms with Crippen LogP contribution in [0, 0.1) is 6.92 Å². The predicted molar refractivity (Wildman–Crippen MR) is 89.5 cm³/mol. The lowest BCUT2D eigenvalue weighted by atomic mass is 9.97. The monoisotopic (exact) mass is 325 g/mol. The van der Waals surface area contributed by atoms with Gasteiger partial charge in [-0.05, 0) is 37.1 Å². The summed E-state index contributed by atoms with van der Waals surface area (Å²) >= 11 is 0. The molecule has 0 aliphatic carbocycles. The molecule has 3 rings (SSSR count). The molecule has 2 heterocycles. The SMILES string of the molecule is CCC1=NN(C(=O)c2cccc(C)c2O)C(O)(c2ccncc2)C1. The smallest absolute Gasteiger partial charge is 0.280 e. The standard InChI is InChI=1S/C18H19N3O3/c1-3-14-11-18(24,13-7-9-19-10-8-13)21(20-14)17(23)15-6-4-5-12(2)16(15)22/h4-10,22,24H,3,11H2,1-2H3. The number of rotatable bonds is 3. The molecule has 1 aliphatic heterocycles. The van der Waals surface area contributed by atoms with E-state index in [9.17, 15) is 15.0 Å². The topological polar surface area (TPSA) is 86.0 Å². The van der Waals surface area contributed by atoms with Crippen LogP contribution in [-0.4, -0.2) is 31.8 Å². The minimum absolute atomic E-state index is 0.0975. The lowest BCUT2D eigenvalue weighted by Gasteiger charge is -2.31. The number of hydrogen-bond donors (Lipinski definition) is 2. The number of aromatic nitrogens is 1. The Kier molecular flexibility index (Phi) is 4.07. The van der Waals surface area contributed by atoms with Crippen molar-refractivity contribution in [3.63, 3.8) is 0 Å². The number of carbonyl (C=O) groups is 1. The first-order valence-electron chi connectivity index (χ1n) is 7.79. The van der Waals surface area contributed by atoms with E-state index in [2.05, 4.69) is 10.1 Å². The Hall–Kier alpha value is -2.73. The molecule has 0 bridgehead atoms. The van der Waals surface area contributed by atoms with Crippen LogP contribution < -0.4 is 0 Å². The quantitative estimate of drug-likeness (QED) is 0.908. The maximum absolute atomic E-state index is 13.0. The van der Waals surface area contributed by atoms with E-state index < -0.39 is 11.6 Å². The van der Waals surface area contributed by atoms with Gasteiger partial charge in [0, 0.05) is 30.1 Å². The van der Waals surface area contributed by atoms with Gasteiger partial charge in [0.1, 0.15) is 5.75 Å². The van der Waals surface area contributed by atoms with Crippen molar-refractivity contribution in [1.29, 1.82) is 0 Å². The van der Waals surface area contributed by atoms with Crippen LogP contribution in [0.2, 0.25) is 0 Å². The van der Waals surface area contributed by atoms with Crippen LogP contribution in [0.15, 0.2) is 47.8 Å². The van der Waals surface area contributed by atoms with Gasteiger partial charge in [0.25, 0.3) is 5.91 Å². The van der Waals surface area contributed by atoms with Crippen molar-refractivity contribution in [2.75, 3.05) is 0 Å². The number of phenols is 1. The molecule has 1 unspecified atom stereocenters. The number of carbonyl (C=O) groups excluding carboxylic acids is 1. The van der Waals surface area contributed by atoms with Gasteiger partial charge in [0.2, 0.25) is 0 Å². The van der Waals surface area contributed by atoms with Gasteiger partial charge < -0.3 is 10.2 Å². The van der Waals surface area contributed by atoms with E-state index in [1.807, 2.05) is 6.92 Å². The van der Waals surface area contributed by atoms with Gasteiger partial charge in [-0.2, -0.15) is 10.1 Å². The van der Waals surface area contributed by atoms with Crippen molar-refractivity contribution in [2.24, 2.45) is 5.10 Å². The molecule has 1 atom stereocenters. The van der Waals surface area contributed by atoms with E-state index in [1.54, 1.807) is 43.6 Å². The number of aryl methyl sites for hydroxylation is 1. The maximum atomic E-state index is 13.0. The van der Waals surface area contributed by atoms with Crippen LogP contribution >= 0.6 is 0 Å². The summed E-state index contributed by atoms with van der Waals surface area (Å²) in [4.78, 5) is 16.9. The Morgan fingerprint density at radius 2 is 2.00 bits per heavy atom. The van der Waals surface area contributed by atoms with Gasteiger partial charge in [-0.1, -0.05) is 19.1 Å². The second kappa shape index (κ2) is 6.05. The number of hydrogen-bond acceptors (Lipinski definition) is 5. The highest BCUT2D eigenvalue weighted by Gasteiger charge is 2.46. The third-order valence-electron chi connectivity index (χ3n) is 4.25. The molecule has 0 fully saturated rings. The number of benzene rings is 1. The predicted octanol–water partition coefficient (Wildman–Crippen LogP) is 2.55. The molecular weight excluding hydrogens is 306 g/mol. The van der Waals surface area contributed by atoms with Gasteiger partial charge in [-0.3, -0.25) is 9.78 Å². The third-order valence-corrected chi connectivity index (χ3v) is 4.25. The lowest BCUT2D eigenvalue weighted by molar-refractivity contribution is -0.0766. The van der Waals surface area contributed by atoms with Crippen LogP contribution in [0.1, 0.15) is 41.3 Å². The molecule has 124 valence electrons. The zero-order chi connectivity index (χ0) is 17.3.